The number of carbonyl (C=O) groups excluding carboxylic acids is 1. The van der Waals surface area contributed by atoms with Gasteiger partial charge in [0.05, 0.1) is 15.7 Å². The van der Waals surface area contributed by atoms with Gasteiger partial charge in [0, 0.05) is 70.3 Å². The molecule has 1 aliphatic rings. The summed E-state index contributed by atoms with van der Waals surface area (Å²) in [7, 11) is 3.13. The van der Waals surface area contributed by atoms with E-state index in [4.69, 9.17) is 38.1 Å². The molecule has 0 saturated carbocycles. The topological polar surface area (TPSA) is 101 Å². The van der Waals surface area contributed by atoms with Crippen LogP contribution in [-0.2, 0) is 13.0 Å². The van der Waals surface area contributed by atoms with Gasteiger partial charge >= 0.3 is 11.7 Å². The molecule has 34 heavy (non-hydrogen) atoms. The van der Waals surface area contributed by atoms with Gasteiger partial charge in [0.1, 0.15) is 5.58 Å². The predicted molar refractivity (Wildman–Crippen MR) is 134 cm³/mol. The van der Waals surface area contributed by atoms with Crippen molar-refractivity contribution in [3.05, 3.63) is 67.5 Å². The van der Waals surface area contributed by atoms with Crippen molar-refractivity contribution in [2.75, 3.05) is 46.0 Å². The largest absolute Gasteiger partial charge is 0.422 e. The first-order valence-electron chi connectivity index (χ1n) is 10.9. The van der Waals surface area contributed by atoms with Gasteiger partial charge in [-0.05, 0) is 23.3 Å². The van der Waals surface area contributed by atoms with Crippen molar-refractivity contribution in [1.82, 2.24) is 15.1 Å². The van der Waals surface area contributed by atoms with Crippen molar-refractivity contribution >= 4 is 46.0 Å². The Bertz CT molecular complexity index is 1290. The number of nitrogens with one attached hydrogen (secondary N) is 1. The number of halogens is 2. The molecule has 1 saturated heterocycles. The Hall–Kier alpha value is -2.78. The van der Waals surface area contributed by atoms with Gasteiger partial charge in [-0.3, -0.25) is 4.90 Å². The summed E-state index contributed by atoms with van der Waals surface area (Å²) in [5.41, 5.74) is 8.27. The minimum Gasteiger partial charge on any atom is -0.422 e. The molecule has 1 amide bonds. The number of amides is 1. The Morgan fingerprint density at radius 2 is 1.94 bits per heavy atom. The molecule has 3 N–H and O–H groups in total. The number of carbonyl (C=O) groups is 1. The lowest BCUT2D eigenvalue weighted by Crippen LogP contribution is -2.43. The minimum atomic E-state index is -0.586. The first kappa shape index (κ1) is 24.3. The van der Waals surface area contributed by atoms with Gasteiger partial charge < -0.3 is 25.1 Å². The summed E-state index contributed by atoms with van der Waals surface area (Å²) < 4.78 is 11.0. The molecule has 10 heteroatoms. The first-order valence-corrected chi connectivity index (χ1v) is 11.6. The van der Waals surface area contributed by atoms with Gasteiger partial charge in [0.15, 0.2) is 5.75 Å². The van der Waals surface area contributed by atoms with Crippen molar-refractivity contribution in [2.24, 2.45) is 0 Å². The van der Waals surface area contributed by atoms with Crippen LogP contribution in [0.4, 0.5) is 10.5 Å². The fourth-order valence-corrected chi connectivity index (χ4v) is 4.34. The lowest BCUT2D eigenvalue weighted by molar-refractivity contribution is 0.172. The van der Waals surface area contributed by atoms with Crippen LogP contribution >= 0.6 is 23.2 Å². The smallest absolute Gasteiger partial charge is 0.414 e. The van der Waals surface area contributed by atoms with Crippen LogP contribution in [0.2, 0.25) is 10.0 Å². The van der Waals surface area contributed by atoms with Gasteiger partial charge in [0.25, 0.3) is 0 Å². The van der Waals surface area contributed by atoms with Gasteiger partial charge in [-0.15, -0.1) is 0 Å². The summed E-state index contributed by atoms with van der Waals surface area (Å²) in [5.74, 6) is 0.121. The highest BCUT2D eigenvalue weighted by molar-refractivity contribution is 6.34. The number of hydrogen-bond donors (Lipinski definition) is 2. The molecule has 0 radical (unpaired) electrons. The molecule has 0 aliphatic carbocycles. The van der Waals surface area contributed by atoms with Crippen LogP contribution in [0.25, 0.3) is 11.0 Å². The second-order valence-corrected chi connectivity index (χ2v) is 9.20. The van der Waals surface area contributed by atoms with Crippen molar-refractivity contribution < 1.29 is 13.9 Å². The Morgan fingerprint density at radius 3 is 2.65 bits per heavy atom. The van der Waals surface area contributed by atoms with E-state index in [0.717, 1.165) is 37.3 Å². The van der Waals surface area contributed by atoms with E-state index in [1.165, 1.54) is 11.0 Å². The monoisotopic (exact) mass is 504 g/mol. The maximum absolute atomic E-state index is 13.2. The highest BCUT2D eigenvalue weighted by Crippen LogP contribution is 2.34. The Balaban J connectivity index is 1.85. The van der Waals surface area contributed by atoms with Crippen molar-refractivity contribution in [3.8, 4) is 5.75 Å². The molecule has 3 aromatic rings. The predicted octanol–water partition coefficient (Wildman–Crippen LogP) is 3.74. The van der Waals surface area contributed by atoms with Gasteiger partial charge in [-0.25, -0.2) is 9.59 Å². The molecule has 2 aromatic carbocycles. The third-order valence-electron chi connectivity index (χ3n) is 5.80. The van der Waals surface area contributed by atoms with Crippen LogP contribution in [-0.4, -0.2) is 56.2 Å². The molecule has 0 unspecified atom stereocenters. The zero-order valence-electron chi connectivity index (χ0n) is 19.0. The third kappa shape index (κ3) is 5.15. The summed E-state index contributed by atoms with van der Waals surface area (Å²) in [4.78, 5) is 28.8. The molecule has 0 bridgehead atoms. The van der Waals surface area contributed by atoms with Crippen LogP contribution in [0.1, 0.15) is 16.7 Å². The number of rotatable bonds is 5. The summed E-state index contributed by atoms with van der Waals surface area (Å²) in [6.07, 6.45) is -0.323. The van der Waals surface area contributed by atoms with Crippen molar-refractivity contribution in [3.63, 3.8) is 0 Å². The van der Waals surface area contributed by atoms with Crippen LogP contribution in [0.3, 0.4) is 0 Å². The fraction of sp³-hybridized carbons (Fsp3) is 0.333. The number of nitrogens with two attached hydrogens (primary N) is 1. The third-order valence-corrected chi connectivity index (χ3v) is 6.56. The van der Waals surface area contributed by atoms with Gasteiger partial charge in [-0.2, -0.15) is 0 Å². The van der Waals surface area contributed by atoms with E-state index in [1.54, 1.807) is 32.3 Å². The van der Waals surface area contributed by atoms with Gasteiger partial charge in [-0.1, -0.05) is 35.3 Å². The van der Waals surface area contributed by atoms with Crippen LogP contribution in [0.15, 0.2) is 39.5 Å². The maximum Gasteiger partial charge on any atom is 0.414 e. The highest BCUT2D eigenvalue weighted by Gasteiger charge is 2.22. The Kier molecular flexibility index (Phi) is 7.33. The molecular weight excluding hydrogens is 479 g/mol. The second-order valence-electron chi connectivity index (χ2n) is 8.41. The number of piperazine rings is 1. The highest BCUT2D eigenvalue weighted by atomic mass is 35.5. The van der Waals surface area contributed by atoms with Gasteiger partial charge in [0.2, 0.25) is 0 Å². The average molecular weight is 505 g/mol. The number of nitrogens with zero attached hydrogens (tertiary/aromatic N) is 2. The fourth-order valence-electron chi connectivity index (χ4n) is 3.94. The minimum absolute atomic E-state index is 0.121. The van der Waals surface area contributed by atoms with Crippen LogP contribution in [0.5, 0.6) is 5.75 Å². The number of nitrogen functional groups attached to an aromatic ring is 1. The number of ether oxygens (including phenoxy) is 1. The molecular formula is C24H26Cl2N4O4. The van der Waals surface area contributed by atoms with E-state index in [9.17, 15) is 9.59 Å². The quantitative estimate of drug-likeness (QED) is 0.403. The van der Waals surface area contributed by atoms with Crippen molar-refractivity contribution in [1.29, 1.82) is 0 Å². The molecule has 1 aliphatic heterocycles. The molecule has 1 aromatic heterocycles. The number of hydrogen-bond acceptors (Lipinski definition) is 7. The second kappa shape index (κ2) is 10.2. The molecule has 2 heterocycles. The molecule has 8 nitrogen and oxygen atoms in total. The summed E-state index contributed by atoms with van der Waals surface area (Å²) >= 11 is 12.9. The molecule has 4 rings (SSSR count). The SMILES string of the molecule is CN(C)C(=O)Oc1cc2oc(=O)c(Cc3cccc(N)c3Cl)c(CN3CCNCC3)c2cc1Cl. The summed E-state index contributed by atoms with van der Waals surface area (Å²) in [5, 5.41) is 4.67. The first-order chi connectivity index (χ1) is 16.2. The van der Waals surface area contributed by atoms with E-state index in [0.29, 0.717) is 33.8 Å². The van der Waals surface area contributed by atoms with E-state index in [2.05, 4.69) is 10.2 Å². The number of anilines is 1. The van der Waals surface area contributed by atoms with Crippen LogP contribution in [0, 0.1) is 0 Å². The number of fused-ring (bicyclic) bond motifs is 1. The Labute approximate surface area is 207 Å². The van der Waals surface area contributed by atoms with E-state index in [1.807, 2.05) is 6.07 Å². The molecule has 0 spiro atoms. The Morgan fingerprint density at radius 1 is 1.21 bits per heavy atom. The normalized spacial score (nSPS) is 14.4. The zero-order valence-corrected chi connectivity index (χ0v) is 20.5. The molecule has 180 valence electrons. The lowest BCUT2D eigenvalue weighted by atomic mass is 9.97. The summed E-state index contributed by atoms with van der Waals surface area (Å²) in [6.45, 7) is 3.94. The summed E-state index contributed by atoms with van der Waals surface area (Å²) in [6, 6.07) is 8.52. The van der Waals surface area contributed by atoms with E-state index >= 15 is 0 Å². The maximum atomic E-state index is 13.2. The van der Waals surface area contributed by atoms with E-state index < -0.39 is 11.7 Å². The number of benzene rings is 2. The lowest BCUT2D eigenvalue weighted by Gasteiger charge is -2.28. The standard InChI is InChI=1S/C24H26Cl2N4O4/c1-29(2)24(32)34-21-12-20-15(11-18(21)25)17(13-30-8-6-28-7-9-30)16(23(31)33-20)10-14-4-3-5-19(27)22(14)26/h3-5,11-12,28H,6-10,13,27H2,1-2H3. The molecule has 1 fully saturated rings. The van der Waals surface area contributed by atoms with E-state index in [-0.39, 0.29) is 17.2 Å². The zero-order chi connectivity index (χ0) is 24.4. The molecule has 0 atom stereocenters. The van der Waals surface area contributed by atoms with Crippen molar-refractivity contribution in [2.45, 2.75) is 13.0 Å². The van der Waals surface area contributed by atoms with Crippen LogP contribution < -0.4 is 21.4 Å². The average Bonchev–Trinajstić information content (AvgIpc) is 2.80.